The first kappa shape index (κ1) is 60.5. The third kappa shape index (κ3) is 69.9. The van der Waals surface area contributed by atoms with Gasteiger partial charge in [-0.1, -0.05) is 159 Å². The van der Waals surface area contributed by atoms with Gasteiger partial charge in [0.05, 0.1) is 11.2 Å². The minimum absolute atomic E-state index is 0.0156. The SMILES string of the molecule is CC(C)(C)CC(C)(C)C.CC(C)(C)OC(C)(C)C.CC(C)(C)SC(C)(C)C.CC(C)C(=O)C(C)(C)C.CC(C)C(=O)N(C)C.CCC(C)C. The number of rotatable bonds is 3. The van der Waals surface area contributed by atoms with Crippen LogP contribution in [0, 0.1) is 34.0 Å². The van der Waals surface area contributed by atoms with E-state index in [1.807, 2.05) is 60.2 Å². The van der Waals surface area contributed by atoms with Crippen molar-refractivity contribution in [2.24, 2.45) is 34.0 Å². The average Bonchev–Trinajstić information content (AvgIpc) is 2.71. The summed E-state index contributed by atoms with van der Waals surface area (Å²) >= 11 is 2.01. The fraction of sp³-hybridized carbons (Fsp3) is 0.955. The Balaban J connectivity index is -0.000000114. The highest BCUT2D eigenvalue weighted by Gasteiger charge is 2.24. The van der Waals surface area contributed by atoms with E-state index in [9.17, 15) is 9.59 Å². The fourth-order valence-electron chi connectivity index (χ4n) is 4.81. The van der Waals surface area contributed by atoms with Crippen LogP contribution in [0.3, 0.4) is 0 Å². The van der Waals surface area contributed by atoms with Gasteiger partial charge in [0.15, 0.2) is 0 Å². The van der Waals surface area contributed by atoms with Crippen LogP contribution in [-0.2, 0) is 14.3 Å². The number of amides is 1. The highest BCUT2D eigenvalue weighted by Crippen LogP contribution is 2.35. The van der Waals surface area contributed by atoms with E-state index in [0.717, 1.165) is 5.92 Å². The maximum Gasteiger partial charge on any atom is 0.224 e. The molecule has 302 valence electrons. The molecule has 49 heavy (non-hydrogen) atoms. The van der Waals surface area contributed by atoms with Crippen LogP contribution < -0.4 is 0 Å². The van der Waals surface area contributed by atoms with Gasteiger partial charge in [0.2, 0.25) is 5.91 Å². The third-order valence-electron chi connectivity index (χ3n) is 5.30. The molecule has 0 radical (unpaired) electrons. The largest absolute Gasteiger partial charge is 0.370 e. The molecule has 1 amide bonds. The summed E-state index contributed by atoms with van der Waals surface area (Å²) in [7, 11) is 3.53. The van der Waals surface area contributed by atoms with Crippen LogP contribution in [0.15, 0.2) is 0 Å². The number of ketones is 1. The second kappa shape index (κ2) is 25.4. The van der Waals surface area contributed by atoms with Gasteiger partial charge in [0.1, 0.15) is 5.78 Å². The number of thioether (sulfide) groups is 1. The van der Waals surface area contributed by atoms with Crippen LogP contribution in [0.25, 0.3) is 0 Å². The van der Waals surface area contributed by atoms with Gasteiger partial charge >= 0.3 is 0 Å². The van der Waals surface area contributed by atoms with E-state index < -0.39 is 0 Å². The van der Waals surface area contributed by atoms with Gasteiger partial charge in [-0.25, -0.2) is 0 Å². The van der Waals surface area contributed by atoms with Gasteiger partial charge in [-0.05, 0) is 64.7 Å². The molecule has 0 rings (SSSR count). The van der Waals surface area contributed by atoms with E-state index in [-0.39, 0.29) is 34.4 Å². The predicted octanol–water partition coefficient (Wildman–Crippen LogP) is 14.4. The fourth-order valence-corrected chi connectivity index (χ4v) is 6.65. The van der Waals surface area contributed by atoms with E-state index >= 15 is 0 Å². The molecule has 0 aromatic heterocycles. The van der Waals surface area contributed by atoms with E-state index in [1.54, 1.807) is 19.0 Å². The molecule has 0 aromatic carbocycles. The zero-order valence-electron chi connectivity index (χ0n) is 39.7. The Bertz CT molecular complexity index is 698. The van der Waals surface area contributed by atoms with Crippen LogP contribution >= 0.6 is 11.8 Å². The Morgan fingerprint density at radius 3 is 0.816 bits per heavy atom. The first-order chi connectivity index (χ1) is 20.8. The molecule has 0 bridgehead atoms. The summed E-state index contributed by atoms with van der Waals surface area (Å²) in [6, 6.07) is 0. The van der Waals surface area contributed by atoms with Crippen molar-refractivity contribution in [2.75, 3.05) is 14.1 Å². The zero-order valence-corrected chi connectivity index (χ0v) is 40.5. The quantitative estimate of drug-likeness (QED) is 0.291. The van der Waals surface area contributed by atoms with Gasteiger partial charge in [-0.2, -0.15) is 11.8 Å². The topological polar surface area (TPSA) is 46.6 Å². The van der Waals surface area contributed by atoms with Crippen molar-refractivity contribution >= 4 is 23.5 Å². The van der Waals surface area contributed by atoms with Gasteiger partial charge < -0.3 is 9.64 Å². The van der Waals surface area contributed by atoms with Crippen molar-refractivity contribution < 1.29 is 14.3 Å². The molecule has 0 aromatic rings. The van der Waals surface area contributed by atoms with Crippen molar-refractivity contribution in [2.45, 2.75) is 227 Å². The highest BCUT2D eigenvalue weighted by molar-refractivity contribution is 8.01. The third-order valence-corrected chi connectivity index (χ3v) is 6.52. The van der Waals surface area contributed by atoms with Crippen molar-refractivity contribution in [3.05, 3.63) is 0 Å². The number of hydrogen-bond acceptors (Lipinski definition) is 4. The van der Waals surface area contributed by atoms with Gasteiger partial charge in [0.25, 0.3) is 0 Å². The normalized spacial score (nSPS) is 12.5. The van der Waals surface area contributed by atoms with Crippen LogP contribution in [0.5, 0.6) is 0 Å². The van der Waals surface area contributed by atoms with E-state index in [1.165, 1.54) is 12.8 Å². The maximum atomic E-state index is 11.2. The van der Waals surface area contributed by atoms with Crippen LogP contribution in [0.2, 0.25) is 0 Å². The minimum atomic E-state index is -0.159. The molecule has 0 saturated carbocycles. The first-order valence-electron chi connectivity index (χ1n) is 19.0. The lowest BCUT2D eigenvalue weighted by Crippen LogP contribution is -2.31. The molecule has 0 spiro atoms. The molecule has 0 aliphatic heterocycles. The molecule has 0 aliphatic rings. The number of carbonyl (C=O) groups excluding carboxylic acids is 2. The highest BCUT2D eigenvalue weighted by atomic mass is 32.2. The molecule has 0 fully saturated rings. The lowest BCUT2D eigenvalue weighted by molar-refractivity contribution is -0.132. The lowest BCUT2D eigenvalue weighted by Gasteiger charge is -2.30. The molecular weight excluding hydrogens is 623 g/mol. The van der Waals surface area contributed by atoms with Crippen molar-refractivity contribution in [1.29, 1.82) is 0 Å². The van der Waals surface area contributed by atoms with Crippen LogP contribution in [0.4, 0.5) is 0 Å². The predicted molar refractivity (Wildman–Crippen MR) is 229 cm³/mol. The summed E-state index contributed by atoms with van der Waals surface area (Å²) in [5, 5.41) is 0. The molecule has 5 heteroatoms. The Hall–Kier alpha value is -0.550. The molecule has 0 unspecified atom stereocenters. The molecule has 4 nitrogen and oxygen atoms in total. The minimum Gasteiger partial charge on any atom is -0.370 e. The Kier molecular flexibility index (Phi) is 31.4. The summed E-state index contributed by atoms with van der Waals surface area (Å²) in [5.74, 6) is 1.71. The van der Waals surface area contributed by atoms with Gasteiger partial charge in [-0.15, -0.1) is 0 Å². The Morgan fingerprint density at radius 2 is 0.816 bits per heavy atom. The summed E-state index contributed by atoms with van der Waals surface area (Å²) in [6.45, 7) is 59.8. The van der Waals surface area contributed by atoms with E-state index in [4.69, 9.17) is 4.74 Å². The number of carbonyl (C=O) groups is 2. The summed E-state index contributed by atoms with van der Waals surface area (Å²) < 4.78 is 6.43. The van der Waals surface area contributed by atoms with E-state index in [0.29, 0.717) is 26.1 Å². The molecule has 0 heterocycles. The number of Topliss-reactive ketones (excluding diaryl/α,β-unsaturated/α-hetero) is 1. The maximum absolute atomic E-state index is 11.2. The average molecular weight is 720 g/mol. The number of nitrogens with zero attached hydrogens (tertiary/aromatic N) is 1. The zero-order chi connectivity index (χ0) is 41.8. The smallest absolute Gasteiger partial charge is 0.224 e. The molecule has 0 atom stereocenters. The molecule has 0 aliphatic carbocycles. The Morgan fingerprint density at radius 1 is 0.551 bits per heavy atom. The van der Waals surface area contributed by atoms with Crippen molar-refractivity contribution in [3.63, 3.8) is 0 Å². The van der Waals surface area contributed by atoms with Crippen molar-refractivity contribution in [1.82, 2.24) is 4.90 Å². The van der Waals surface area contributed by atoms with E-state index in [2.05, 4.69) is 145 Å². The van der Waals surface area contributed by atoms with Crippen LogP contribution in [0.1, 0.15) is 207 Å². The first-order valence-corrected chi connectivity index (χ1v) is 19.8. The lowest BCUT2D eigenvalue weighted by atomic mass is 9.78. The van der Waals surface area contributed by atoms with Crippen LogP contribution in [-0.4, -0.2) is 51.4 Å². The van der Waals surface area contributed by atoms with Gasteiger partial charge in [0, 0.05) is 40.8 Å². The Labute approximate surface area is 317 Å². The number of ether oxygens (including phenoxy) is 1. The molecule has 0 saturated heterocycles. The molecule has 0 N–H and O–H groups in total. The monoisotopic (exact) mass is 720 g/mol. The standard InChI is InChI=1S/C9H20.C8H18O.C8H16O.C8H18S.C6H13NO.C5H12/c1-8(2,3)7-9(4,5)6;1-7(2,3)9-8(4,5)6;1-6(2)7(9)8(3,4)5;1-7(2,3)9-8(4,5)6;1-5(2)6(8)7(3)4;1-4-5(2)3/h7H2,1-6H3;1-6H3;6H,1-5H3;1-6H3;5H,1-4H3;5H,4H2,1-3H3. The van der Waals surface area contributed by atoms with Crippen molar-refractivity contribution in [3.8, 4) is 0 Å². The second-order valence-electron chi connectivity index (χ2n) is 21.9. The summed E-state index contributed by atoms with van der Waals surface area (Å²) in [5.41, 5.74) is 0.779. The molecular formula is C44H97NO3S. The summed E-state index contributed by atoms with van der Waals surface area (Å²) in [6.07, 6.45) is 2.60. The van der Waals surface area contributed by atoms with Gasteiger partial charge in [-0.3, -0.25) is 9.59 Å². The summed E-state index contributed by atoms with van der Waals surface area (Å²) in [4.78, 5) is 23.5. The second-order valence-corrected chi connectivity index (χ2v) is 24.6. The number of hydrogen-bond donors (Lipinski definition) is 0.